The molecule has 0 spiro atoms. The van der Waals surface area contributed by atoms with Crippen LogP contribution in [0.1, 0.15) is 25.0 Å². The molecule has 4 heteroatoms. The molecule has 0 bridgehead atoms. The minimum atomic E-state index is -0.388. The Bertz CT molecular complexity index is 470. The molecule has 0 fully saturated rings. The molecule has 1 atom stereocenters. The summed E-state index contributed by atoms with van der Waals surface area (Å²) >= 11 is 1.82. The molecule has 0 saturated carbocycles. The number of hydrogen-bond donors (Lipinski definition) is 1. The van der Waals surface area contributed by atoms with Crippen molar-refractivity contribution in [1.29, 1.82) is 0 Å². The first-order chi connectivity index (χ1) is 8.79. The lowest BCUT2D eigenvalue weighted by atomic mass is 10.2. The number of aryl methyl sites for hydroxylation is 1. The highest BCUT2D eigenvalue weighted by atomic mass is 32.2. The highest BCUT2D eigenvalue weighted by Gasteiger charge is 2.07. The molecular weight excluding hydrogens is 244 g/mol. The van der Waals surface area contributed by atoms with Crippen LogP contribution in [0.15, 0.2) is 47.6 Å². The van der Waals surface area contributed by atoms with Crippen LogP contribution in [0.2, 0.25) is 0 Å². The fraction of sp³-hybridized carbons (Fsp3) is 0.357. The van der Waals surface area contributed by atoms with Crippen LogP contribution in [0.5, 0.6) is 0 Å². The Labute approximate surface area is 112 Å². The Morgan fingerprint density at radius 2 is 2.11 bits per heavy atom. The van der Waals surface area contributed by atoms with Gasteiger partial charge in [-0.15, -0.1) is 11.8 Å². The zero-order valence-electron chi connectivity index (χ0n) is 10.5. The first kappa shape index (κ1) is 13.2. The normalized spacial score (nSPS) is 12.6. The molecule has 0 saturated heterocycles. The van der Waals surface area contributed by atoms with E-state index in [0.29, 0.717) is 0 Å². The maximum atomic E-state index is 9.69. The Hall–Kier alpha value is -1.26. The average molecular weight is 262 g/mol. The molecule has 0 aliphatic heterocycles. The van der Waals surface area contributed by atoms with Crippen molar-refractivity contribution in [3.63, 3.8) is 0 Å². The molecule has 1 aromatic carbocycles. The monoisotopic (exact) mass is 262 g/mol. The number of thioether (sulfide) groups is 1. The van der Waals surface area contributed by atoms with Gasteiger partial charge in [-0.25, -0.2) is 0 Å². The third-order valence-electron chi connectivity index (χ3n) is 2.76. The lowest BCUT2D eigenvalue weighted by Gasteiger charge is -2.03. The topological polar surface area (TPSA) is 38.1 Å². The van der Waals surface area contributed by atoms with Crippen molar-refractivity contribution in [1.82, 2.24) is 9.78 Å². The fourth-order valence-electron chi connectivity index (χ4n) is 1.68. The van der Waals surface area contributed by atoms with Crippen molar-refractivity contribution in [3.8, 4) is 0 Å². The van der Waals surface area contributed by atoms with E-state index in [1.807, 2.05) is 47.8 Å². The van der Waals surface area contributed by atoms with Crippen molar-refractivity contribution in [2.45, 2.75) is 30.9 Å². The third kappa shape index (κ3) is 3.62. The van der Waals surface area contributed by atoms with Crippen LogP contribution in [0.4, 0.5) is 0 Å². The van der Waals surface area contributed by atoms with Gasteiger partial charge in [-0.1, -0.05) is 25.1 Å². The van der Waals surface area contributed by atoms with Gasteiger partial charge in [-0.3, -0.25) is 4.68 Å². The van der Waals surface area contributed by atoms with Crippen molar-refractivity contribution in [2.24, 2.45) is 0 Å². The number of aliphatic hydroxyl groups is 1. The third-order valence-corrected chi connectivity index (χ3v) is 3.75. The second-order valence-corrected chi connectivity index (χ2v) is 5.29. The molecule has 1 heterocycles. The van der Waals surface area contributed by atoms with E-state index in [1.54, 1.807) is 6.20 Å². The number of aliphatic hydroxyl groups excluding tert-OH is 1. The van der Waals surface area contributed by atoms with Gasteiger partial charge in [0.25, 0.3) is 0 Å². The number of benzene rings is 1. The Kier molecular flexibility index (Phi) is 4.84. The van der Waals surface area contributed by atoms with Crippen molar-refractivity contribution >= 4 is 11.8 Å². The van der Waals surface area contributed by atoms with Gasteiger partial charge in [0.05, 0.1) is 18.8 Å². The molecule has 2 aromatic rings. The van der Waals surface area contributed by atoms with Gasteiger partial charge in [-0.05, 0) is 18.6 Å². The van der Waals surface area contributed by atoms with Gasteiger partial charge in [0.2, 0.25) is 0 Å². The van der Waals surface area contributed by atoms with Crippen LogP contribution in [0.3, 0.4) is 0 Å². The Balaban J connectivity index is 1.82. The lowest BCUT2D eigenvalue weighted by molar-refractivity contribution is 0.173. The average Bonchev–Trinajstić information content (AvgIpc) is 2.88. The standard InChI is InChI=1S/C14H18N2OS/c1-2-14(17)12-10-15-16(11-12)8-9-18-13-6-4-3-5-7-13/h3-7,10-11,14,17H,2,8-9H2,1H3. The van der Waals surface area contributed by atoms with E-state index in [1.165, 1.54) is 4.90 Å². The fourth-order valence-corrected chi connectivity index (χ4v) is 2.55. The summed E-state index contributed by atoms with van der Waals surface area (Å²) in [6.45, 7) is 2.82. The van der Waals surface area contributed by atoms with Crippen molar-refractivity contribution < 1.29 is 5.11 Å². The Morgan fingerprint density at radius 1 is 1.33 bits per heavy atom. The SMILES string of the molecule is CCC(O)c1cnn(CCSc2ccccc2)c1. The summed E-state index contributed by atoms with van der Waals surface area (Å²) in [5.41, 5.74) is 0.905. The molecule has 96 valence electrons. The van der Waals surface area contributed by atoms with Gasteiger partial charge < -0.3 is 5.11 Å². The number of hydrogen-bond acceptors (Lipinski definition) is 3. The summed E-state index contributed by atoms with van der Waals surface area (Å²) < 4.78 is 1.89. The quantitative estimate of drug-likeness (QED) is 0.813. The lowest BCUT2D eigenvalue weighted by Crippen LogP contribution is -2.00. The summed E-state index contributed by atoms with van der Waals surface area (Å²) in [6.07, 6.45) is 4.02. The minimum Gasteiger partial charge on any atom is -0.388 e. The predicted molar refractivity (Wildman–Crippen MR) is 74.6 cm³/mol. The second-order valence-electron chi connectivity index (χ2n) is 4.12. The van der Waals surface area contributed by atoms with E-state index in [0.717, 1.165) is 24.3 Å². The number of aromatic nitrogens is 2. The van der Waals surface area contributed by atoms with E-state index < -0.39 is 0 Å². The zero-order valence-corrected chi connectivity index (χ0v) is 11.3. The highest BCUT2D eigenvalue weighted by Crippen LogP contribution is 2.18. The Morgan fingerprint density at radius 3 is 2.83 bits per heavy atom. The summed E-state index contributed by atoms with van der Waals surface area (Å²) in [5, 5.41) is 13.9. The van der Waals surface area contributed by atoms with Crippen LogP contribution < -0.4 is 0 Å². The first-order valence-corrected chi connectivity index (χ1v) is 7.16. The number of nitrogens with zero attached hydrogens (tertiary/aromatic N) is 2. The largest absolute Gasteiger partial charge is 0.388 e. The molecule has 1 N–H and O–H groups in total. The maximum absolute atomic E-state index is 9.69. The van der Waals surface area contributed by atoms with Crippen LogP contribution in [-0.4, -0.2) is 20.6 Å². The number of rotatable bonds is 6. The summed E-state index contributed by atoms with van der Waals surface area (Å²) in [6, 6.07) is 10.3. The van der Waals surface area contributed by atoms with Gasteiger partial charge in [0, 0.05) is 22.4 Å². The molecule has 0 aliphatic rings. The molecule has 0 amide bonds. The predicted octanol–water partition coefficient (Wildman–Crippen LogP) is 3.12. The van der Waals surface area contributed by atoms with Crippen LogP contribution in [-0.2, 0) is 6.54 Å². The van der Waals surface area contributed by atoms with Crippen molar-refractivity contribution in [2.75, 3.05) is 5.75 Å². The molecule has 2 rings (SSSR count). The maximum Gasteiger partial charge on any atom is 0.0817 e. The van der Waals surface area contributed by atoms with E-state index in [-0.39, 0.29) is 6.10 Å². The summed E-state index contributed by atoms with van der Waals surface area (Å²) in [4.78, 5) is 1.28. The molecule has 1 unspecified atom stereocenters. The van der Waals surface area contributed by atoms with Crippen LogP contribution in [0.25, 0.3) is 0 Å². The summed E-state index contributed by atoms with van der Waals surface area (Å²) in [7, 11) is 0. The summed E-state index contributed by atoms with van der Waals surface area (Å²) in [5.74, 6) is 0.980. The van der Waals surface area contributed by atoms with Crippen molar-refractivity contribution in [3.05, 3.63) is 48.3 Å². The second kappa shape index (κ2) is 6.61. The van der Waals surface area contributed by atoms with E-state index >= 15 is 0 Å². The van der Waals surface area contributed by atoms with E-state index in [2.05, 4.69) is 17.2 Å². The first-order valence-electron chi connectivity index (χ1n) is 6.18. The molecular formula is C14H18N2OS. The zero-order chi connectivity index (χ0) is 12.8. The van der Waals surface area contributed by atoms with E-state index in [9.17, 15) is 5.11 Å². The molecule has 0 radical (unpaired) electrons. The molecule has 0 aliphatic carbocycles. The van der Waals surface area contributed by atoms with Gasteiger partial charge >= 0.3 is 0 Å². The van der Waals surface area contributed by atoms with Gasteiger partial charge in [-0.2, -0.15) is 5.10 Å². The smallest absolute Gasteiger partial charge is 0.0817 e. The minimum absolute atomic E-state index is 0.388. The molecule has 18 heavy (non-hydrogen) atoms. The van der Waals surface area contributed by atoms with Crippen LogP contribution in [0, 0.1) is 0 Å². The van der Waals surface area contributed by atoms with E-state index in [4.69, 9.17) is 0 Å². The highest BCUT2D eigenvalue weighted by molar-refractivity contribution is 7.99. The van der Waals surface area contributed by atoms with Crippen LogP contribution >= 0.6 is 11.8 Å². The van der Waals surface area contributed by atoms with Gasteiger partial charge in [0.15, 0.2) is 0 Å². The molecule has 3 nitrogen and oxygen atoms in total. The van der Waals surface area contributed by atoms with Gasteiger partial charge in [0.1, 0.15) is 0 Å². The molecule has 1 aromatic heterocycles.